The lowest BCUT2D eigenvalue weighted by Gasteiger charge is -2.12. The molecule has 20 heavy (non-hydrogen) atoms. The van der Waals surface area contributed by atoms with E-state index >= 15 is 0 Å². The van der Waals surface area contributed by atoms with Crippen molar-refractivity contribution in [3.05, 3.63) is 41.0 Å². The van der Waals surface area contributed by atoms with E-state index in [4.69, 9.17) is 14.2 Å². The van der Waals surface area contributed by atoms with E-state index in [0.717, 1.165) is 21.1 Å². The molecule has 0 bridgehead atoms. The first-order valence-corrected chi connectivity index (χ1v) is 6.90. The maximum atomic E-state index is 5.77. The van der Waals surface area contributed by atoms with Crippen molar-refractivity contribution in [2.75, 3.05) is 27.4 Å². The van der Waals surface area contributed by atoms with E-state index in [-0.39, 0.29) is 0 Å². The van der Waals surface area contributed by atoms with Crippen LogP contribution in [0.25, 0.3) is 16.7 Å². The van der Waals surface area contributed by atoms with Gasteiger partial charge in [-0.2, -0.15) is 0 Å². The Morgan fingerprint density at radius 1 is 1.25 bits per heavy atom. The summed E-state index contributed by atoms with van der Waals surface area (Å²) in [6.07, 6.45) is 0. The summed E-state index contributed by atoms with van der Waals surface area (Å²) in [5.74, 6) is 1.24. The molecule has 1 aromatic carbocycles. The number of hydrogen-bond acceptors (Lipinski definition) is 4. The van der Waals surface area contributed by atoms with Gasteiger partial charge in [-0.05, 0) is 18.2 Å². The van der Waals surface area contributed by atoms with Crippen molar-refractivity contribution in [1.29, 1.82) is 0 Å². The van der Waals surface area contributed by atoms with Crippen molar-refractivity contribution in [3.8, 4) is 5.75 Å². The number of methoxy groups -OCH3 is 2. The number of halogens is 1. The molecule has 4 nitrogen and oxygen atoms in total. The van der Waals surface area contributed by atoms with Gasteiger partial charge in [-0.15, -0.1) is 0 Å². The average molecular weight is 338 g/mol. The largest absolute Gasteiger partial charge is 0.495 e. The van der Waals surface area contributed by atoms with Crippen molar-refractivity contribution in [3.63, 3.8) is 0 Å². The van der Waals surface area contributed by atoms with E-state index < -0.39 is 0 Å². The highest BCUT2D eigenvalue weighted by Crippen LogP contribution is 2.30. The predicted octanol–water partition coefficient (Wildman–Crippen LogP) is 3.64. The Kier molecular flexibility index (Phi) is 4.98. The first-order chi connectivity index (χ1) is 9.65. The maximum Gasteiger partial charge on any atom is 0.137 e. The third kappa shape index (κ3) is 3.29. The van der Waals surface area contributed by atoms with Crippen LogP contribution in [0.2, 0.25) is 0 Å². The van der Waals surface area contributed by atoms with Crippen molar-refractivity contribution >= 4 is 32.6 Å². The third-order valence-corrected chi connectivity index (χ3v) is 3.30. The topological polar surface area (TPSA) is 40.6 Å². The number of pyridine rings is 1. The van der Waals surface area contributed by atoms with Crippen molar-refractivity contribution in [2.45, 2.75) is 0 Å². The molecular weight excluding hydrogens is 322 g/mol. The lowest BCUT2D eigenvalue weighted by molar-refractivity contribution is 0.147. The van der Waals surface area contributed by atoms with Gasteiger partial charge >= 0.3 is 0 Å². The highest BCUT2D eigenvalue weighted by molar-refractivity contribution is 9.10. The van der Waals surface area contributed by atoms with Crippen LogP contribution in [-0.4, -0.2) is 32.4 Å². The van der Waals surface area contributed by atoms with Crippen LogP contribution >= 0.6 is 15.9 Å². The van der Waals surface area contributed by atoms with Gasteiger partial charge in [0, 0.05) is 23.0 Å². The van der Waals surface area contributed by atoms with Crippen molar-refractivity contribution < 1.29 is 14.2 Å². The van der Waals surface area contributed by atoms with Gasteiger partial charge in [-0.25, -0.2) is 4.98 Å². The average Bonchev–Trinajstić information content (AvgIpc) is 2.46. The van der Waals surface area contributed by atoms with Crippen LogP contribution in [-0.2, 0) is 9.47 Å². The van der Waals surface area contributed by atoms with Gasteiger partial charge in [0.25, 0.3) is 0 Å². The number of aromatic nitrogens is 1. The van der Waals surface area contributed by atoms with Gasteiger partial charge in [0.05, 0.1) is 19.2 Å². The van der Waals surface area contributed by atoms with Gasteiger partial charge in [-0.3, -0.25) is 0 Å². The summed E-state index contributed by atoms with van der Waals surface area (Å²) in [6.45, 7) is 4.83. The van der Waals surface area contributed by atoms with Gasteiger partial charge in [0.2, 0.25) is 0 Å². The second kappa shape index (κ2) is 6.72. The standard InChI is InChI=1S/C15H16BrNO3/c1-10(19-3)14-9-15(20-7-6-18-2)12-8-11(16)4-5-13(12)17-14/h4-5,8-9H,1,6-7H2,2-3H3. The summed E-state index contributed by atoms with van der Waals surface area (Å²) < 4.78 is 16.9. The molecule has 2 aromatic rings. The number of rotatable bonds is 6. The monoisotopic (exact) mass is 337 g/mol. The molecule has 5 heteroatoms. The minimum absolute atomic E-state index is 0.473. The molecule has 0 unspecified atom stereocenters. The van der Waals surface area contributed by atoms with Crippen LogP contribution in [0.5, 0.6) is 5.75 Å². The second-order valence-corrected chi connectivity index (χ2v) is 5.05. The summed E-state index contributed by atoms with van der Waals surface area (Å²) in [6, 6.07) is 7.67. The zero-order chi connectivity index (χ0) is 14.5. The van der Waals surface area contributed by atoms with Crippen molar-refractivity contribution in [2.24, 2.45) is 0 Å². The first kappa shape index (κ1) is 14.8. The van der Waals surface area contributed by atoms with Crippen molar-refractivity contribution in [1.82, 2.24) is 4.98 Å². The minimum Gasteiger partial charge on any atom is -0.495 e. The molecular formula is C15H16BrNO3. The number of ether oxygens (including phenoxy) is 3. The fourth-order valence-corrected chi connectivity index (χ4v) is 2.13. The molecule has 0 N–H and O–H groups in total. The van der Waals surface area contributed by atoms with Crippen LogP contribution in [0, 0.1) is 0 Å². The molecule has 1 heterocycles. The summed E-state index contributed by atoms with van der Waals surface area (Å²) in [5.41, 5.74) is 1.49. The molecule has 0 fully saturated rings. The van der Waals surface area contributed by atoms with Gasteiger partial charge in [0.1, 0.15) is 23.8 Å². The number of nitrogens with zero attached hydrogens (tertiary/aromatic N) is 1. The minimum atomic E-state index is 0.473. The van der Waals surface area contributed by atoms with E-state index in [1.54, 1.807) is 14.2 Å². The molecule has 0 aliphatic heterocycles. The second-order valence-electron chi connectivity index (χ2n) is 4.14. The molecule has 106 valence electrons. The predicted molar refractivity (Wildman–Crippen MR) is 82.9 cm³/mol. The summed E-state index contributed by atoms with van der Waals surface area (Å²) in [5, 5.41) is 0.933. The van der Waals surface area contributed by atoms with E-state index in [1.807, 2.05) is 24.3 Å². The van der Waals surface area contributed by atoms with E-state index in [1.165, 1.54) is 0 Å². The lowest BCUT2D eigenvalue weighted by atomic mass is 10.1. The van der Waals surface area contributed by atoms with Crippen LogP contribution in [0.3, 0.4) is 0 Å². The smallest absolute Gasteiger partial charge is 0.137 e. The number of hydrogen-bond donors (Lipinski definition) is 0. The Balaban J connectivity index is 2.48. The van der Waals surface area contributed by atoms with E-state index in [9.17, 15) is 0 Å². The molecule has 0 saturated heterocycles. The molecule has 2 rings (SSSR count). The fraction of sp³-hybridized carbons (Fsp3) is 0.267. The van der Waals surface area contributed by atoms with Gasteiger partial charge < -0.3 is 14.2 Å². The summed E-state index contributed by atoms with van der Waals surface area (Å²) in [7, 11) is 3.21. The highest BCUT2D eigenvalue weighted by atomic mass is 79.9. The maximum absolute atomic E-state index is 5.77. The zero-order valence-electron chi connectivity index (χ0n) is 11.5. The van der Waals surface area contributed by atoms with Crippen LogP contribution < -0.4 is 4.74 Å². The normalized spacial score (nSPS) is 10.6. The van der Waals surface area contributed by atoms with E-state index in [2.05, 4.69) is 27.5 Å². The summed E-state index contributed by atoms with van der Waals surface area (Å²) >= 11 is 3.46. The molecule has 0 atom stereocenters. The Bertz CT molecular complexity index is 628. The fourth-order valence-electron chi connectivity index (χ4n) is 1.77. The first-order valence-electron chi connectivity index (χ1n) is 6.11. The van der Waals surface area contributed by atoms with Crippen LogP contribution in [0.4, 0.5) is 0 Å². The molecule has 0 aliphatic rings. The van der Waals surface area contributed by atoms with Crippen LogP contribution in [0.15, 0.2) is 35.3 Å². The highest BCUT2D eigenvalue weighted by Gasteiger charge is 2.10. The third-order valence-electron chi connectivity index (χ3n) is 2.81. The SMILES string of the molecule is C=C(OC)c1cc(OCCOC)c2cc(Br)ccc2n1. The van der Waals surface area contributed by atoms with Gasteiger partial charge in [-0.1, -0.05) is 22.5 Å². The summed E-state index contributed by atoms with van der Waals surface area (Å²) in [4.78, 5) is 4.52. The Hall–Kier alpha value is -1.59. The molecule has 0 spiro atoms. The Morgan fingerprint density at radius 2 is 2.05 bits per heavy atom. The molecule has 0 amide bonds. The lowest BCUT2D eigenvalue weighted by Crippen LogP contribution is -2.05. The Labute approximate surface area is 126 Å². The molecule has 0 radical (unpaired) electrons. The molecule has 0 aliphatic carbocycles. The Morgan fingerprint density at radius 3 is 2.75 bits per heavy atom. The number of fused-ring (bicyclic) bond motifs is 1. The molecule has 1 aromatic heterocycles. The molecule has 0 saturated carbocycles. The van der Waals surface area contributed by atoms with Gasteiger partial charge in [0.15, 0.2) is 0 Å². The number of benzene rings is 1. The van der Waals surface area contributed by atoms with Crippen LogP contribution in [0.1, 0.15) is 5.69 Å². The quantitative estimate of drug-likeness (QED) is 0.596. The zero-order valence-corrected chi connectivity index (χ0v) is 13.1. The van der Waals surface area contributed by atoms with E-state index in [0.29, 0.717) is 24.7 Å².